The van der Waals surface area contributed by atoms with Crippen LogP contribution in [0.4, 0.5) is 0 Å². The predicted molar refractivity (Wildman–Crippen MR) is 36.3 cm³/mol. The molecule has 0 aromatic heterocycles. The second-order valence-corrected chi connectivity index (χ2v) is 2.30. The van der Waals surface area contributed by atoms with Crippen LogP contribution in [0.1, 0.15) is 26.7 Å². The van der Waals surface area contributed by atoms with E-state index in [9.17, 15) is 0 Å². The van der Waals surface area contributed by atoms with Crippen LogP contribution < -0.4 is 5.73 Å². The molecule has 0 amide bonds. The van der Waals surface area contributed by atoms with Crippen molar-refractivity contribution in [1.29, 1.82) is 5.41 Å². The third kappa shape index (κ3) is 5.63. The van der Waals surface area contributed by atoms with Gasteiger partial charge in [0.15, 0.2) is 0 Å². The monoisotopic (exact) mass is 114 g/mol. The van der Waals surface area contributed by atoms with Gasteiger partial charge in [0.25, 0.3) is 0 Å². The van der Waals surface area contributed by atoms with Crippen LogP contribution in [0, 0.1) is 5.41 Å². The molecule has 8 heavy (non-hydrogen) atoms. The molecule has 0 saturated carbocycles. The third-order valence-corrected chi connectivity index (χ3v) is 0.975. The van der Waals surface area contributed by atoms with Gasteiger partial charge in [-0.3, -0.25) is 0 Å². The van der Waals surface area contributed by atoms with E-state index in [-0.39, 0.29) is 6.04 Å². The molecule has 0 radical (unpaired) electrons. The van der Waals surface area contributed by atoms with Crippen LogP contribution in [-0.4, -0.2) is 11.8 Å². The highest BCUT2D eigenvalue weighted by Crippen LogP contribution is 1.92. The number of rotatable bonds is 3. The Morgan fingerprint density at radius 2 is 2.25 bits per heavy atom. The lowest BCUT2D eigenvalue weighted by atomic mass is 10.1. The zero-order valence-corrected chi connectivity index (χ0v) is 5.57. The largest absolute Gasteiger partial charge is 0.328 e. The van der Waals surface area contributed by atoms with Crippen LogP contribution in [0.3, 0.4) is 0 Å². The molecule has 0 heterocycles. The van der Waals surface area contributed by atoms with Gasteiger partial charge in [-0.15, -0.1) is 0 Å². The first-order valence-electron chi connectivity index (χ1n) is 2.92. The first kappa shape index (κ1) is 7.63. The van der Waals surface area contributed by atoms with Crippen LogP contribution in [0.5, 0.6) is 0 Å². The van der Waals surface area contributed by atoms with Gasteiger partial charge in [0.05, 0.1) is 0 Å². The minimum atomic E-state index is 0.246. The van der Waals surface area contributed by atoms with Crippen molar-refractivity contribution < 1.29 is 0 Å². The van der Waals surface area contributed by atoms with Gasteiger partial charge in [-0.05, 0) is 26.7 Å². The van der Waals surface area contributed by atoms with Crippen LogP contribution >= 0.6 is 0 Å². The van der Waals surface area contributed by atoms with E-state index in [1.54, 1.807) is 0 Å². The number of nitrogens with two attached hydrogens (primary N) is 1. The van der Waals surface area contributed by atoms with Crippen LogP contribution in [-0.2, 0) is 0 Å². The maximum Gasteiger partial charge on any atom is 0.00588 e. The van der Waals surface area contributed by atoms with Crippen molar-refractivity contribution in [2.24, 2.45) is 5.73 Å². The molecule has 3 N–H and O–H groups in total. The summed E-state index contributed by atoms with van der Waals surface area (Å²) in [5, 5.41) is 7.03. The lowest BCUT2D eigenvalue weighted by Crippen LogP contribution is -2.15. The van der Waals surface area contributed by atoms with Gasteiger partial charge >= 0.3 is 0 Å². The molecular formula is C6H14N2. The topological polar surface area (TPSA) is 49.9 Å². The van der Waals surface area contributed by atoms with E-state index in [1.165, 1.54) is 0 Å². The number of nitrogens with one attached hydrogen (secondary N) is 1. The molecule has 0 aliphatic carbocycles. The molecule has 0 aliphatic rings. The summed E-state index contributed by atoms with van der Waals surface area (Å²) in [6, 6.07) is 0.246. The summed E-state index contributed by atoms with van der Waals surface area (Å²) in [4.78, 5) is 0. The van der Waals surface area contributed by atoms with E-state index >= 15 is 0 Å². The van der Waals surface area contributed by atoms with Gasteiger partial charge < -0.3 is 11.1 Å². The molecule has 0 rings (SSSR count). The normalized spacial score (nSPS) is 13.4. The SMILES string of the molecule is CC(=N)CC[C@@H](C)N. The Morgan fingerprint density at radius 3 is 2.38 bits per heavy atom. The fourth-order valence-corrected chi connectivity index (χ4v) is 0.444. The summed E-state index contributed by atoms with van der Waals surface area (Å²) < 4.78 is 0. The molecule has 0 spiro atoms. The molecular weight excluding hydrogens is 100 g/mol. The Hall–Kier alpha value is -0.370. The van der Waals surface area contributed by atoms with Gasteiger partial charge in [0.2, 0.25) is 0 Å². The summed E-state index contributed by atoms with van der Waals surface area (Å²) in [5.74, 6) is 0. The van der Waals surface area contributed by atoms with Crippen LogP contribution in [0.2, 0.25) is 0 Å². The Kier molecular flexibility index (Phi) is 3.44. The smallest absolute Gasteiger partial charge is 0.00588 e. The van der Waals surface area contributed by atoms with Gasteiger partial charge in [0, 0.05) is 11.8 Å². The maximum atomic E-state index is 7.03. The highest BCUT2D eigenvalue weighted by Gasteiger charge is 1.92. The zero-order valence-electron chi connectivity index (χ0n) is 5.57. The molecule has 0 bridgehead atoms. The lowest BCUT2D eigenvalue weighted by molar-refractivity contribution is 0.685. The van der Waals surface area contributed by atoms with E-state index in [0.29, 0.717) is 0 Å². The average molecular weight is 114 g/mol. The standard InChI is InChI=1S/C6H14N2/c1-5(7)3-4-6(2)8/h5,8H,3-4,7H2,1-2H3/t5-/m1/s1. The first-order valence-corrected chi connectivity index (χ1v) is 2.92. The molecule has 48 valence electrons. The highest BCUT2D eigenvalue weighted by molar-refractivity contribution is 5.78. The Balaban J connectivity index is 3.05. The van der Waals surface area contributed by atoms with Crippen LogP contribution in [0.15, 0.2) is 0 Å². The van der Waals surface area contributed by atoms with Gasteiger partial charge in [0.1, 0.15) is 0 Å². The molecule has 2 nitrogen and oxygen atoms in total. The molecule has 0 saturated heterocycles. The van der Waals surface area contributed by atoms with E-state index in [2.05, 4.69) is 0 Å². The highest BCUT2D eigenvalue weighted by atomic mass is 14.6. The van der Waals surface area contributed by atoms with Crippen molar-refractivity contribution in [3.8, 4) is 0 Å². The van der Waals surface area contributed by atoms with E-state index in [0.717, 1.165) is 18.6 Å². The Morgan fingerprint density at radius 1 is 1.75 bits per heavy atom. The minimum Gasteiger partial charge on any atom is -0.328 e. The van der Waals surface area contributed by atoms with Crippen molar-refractivity contribution in [1.82, 2.24) is 0 Å². The molecule has 1 atom stereocenters. The third-order valence-electron chi connectivity index (χ3n) is 0.975. The minimum absolute atomic E-state index is 0.246. The quantitative estimate of drug-likeness (QED) is 0.531. The summed E-state index contributed by atoms with van der Waals surface area (Å²) in [5.41, 5.74) is 6.17. The number of hydrogen-bond donors (Lipinski definition) is 2. The fraction of sp³-hybridized carbons (Fsp3) is 0.833. The molecule has 0 aliphatic heterocycles. The summed E-state index contributed by atoms with van der Waals surface area (Å²) in [7, 11) is 0. The van der Waals surface area contributed by atoms with Gasteiger partial charge in [-0.2, -0.15) is 0 Å². The molecule has 0 unspecified atom stereocenters. The molecule has 0 aromatic rings. The second-order valence-electron chi connectivity index (χ2n) is 2.30. The van der Waals surface area contributed by atoms with Crippen molar-refractivity contribution >= 4 is 5.71 Å². The zero-order chi connectivity index (χ0) is 6.57. The van der Waals surface area contributed by atoms with Gasteiger partial charge in [-0.25, -0.2) is 0 Å². The summed E-state index contributed by atoms with van der Waals surface area (Å²) in [6.45, 7) is 3.77. The Labute approximate surface area is 50.6 Å². The molecule has 0 fully saturated rings. The Bertz CT molecular complexity index is 76.6. The van der Waals surface area contributed by atoms with Crippen LogP contribution in [0.25, 0.3) is 0 Å². The lowest BCUT2D eigenvalue weighted by Gasteiger charge is -2.00. The average Bonchev–Trinajstić information content (AvgIpc) is 1.61. The van der Waals surface area contributed by atoms with Crippen molar-refractivity contribution in [3.63, 3.8) is 0 Å². The van der Waals surface area contributed by atoms with E-state index in [1.807, 2.05) is 13.8 Å². The fourth-order valence-electron chi connectivity index (χ4n) is 0.444. The number of hydrogen-bond acceptors (Lipinski definition) is 2. The van der Waals surface area contributed by atoms with Crippen molar-refractivity contribution in [2.75, 3.05) is 0 Å². The second kappa shape index (κ2) is 3.61. The molecule has 2 heteroatoms. The van der Waals surface area contributed by atoms with E-state index in [4.69, 9.17) is 11.1 Å². The summed E-state index contributed by atoms with van der Waals surface area (Å²) >= 11 is 0. The predicted octanol–water partition coefficient (Wildman–Crippen LogP) is 1.15. The maximum absolute atomic E-state index is 7.03. The molecule has 0 aromatic carbocycles. The van der Waals surface area contributed by atoms with Gasteiger partial charge in [-0.1, -0.05) is 0 Å². The first-order chi connectivity index (χ1) is 3.63. The summed E-state index contributed by atoms with van der Waals surface area (Å²) in [6.07, 6.45) is 1.78. The van der Waals surface area contributed by atoms with Crippen molar-refractivity contribution in [3.05, 3.63) is 0 Å². The van der Waals surface area contributed by atoms with E-state index < -0.39 is 0 Å². The van der Waals surface area contributed by atoms with Crippen molar-refractivity contribution in [2.45, 2.75) is 32.7 Å².